The highest BCUT2D eigenvalue weighted by Crippen LogP contribution is 2.31. The third-order valence-electron chi connectivity index (χ3n) is 3.43. The van der Waals surface area contributed by atoms with Crippen molar-refractivity contribution in [2.24, 2.45) is 0 Å². The molecule has 2 rings (SSSR count). The van der Waals surface area contributed by atoms with Gasteiger partial charge < -0.3 is 20.5 Å². The Bertz CT molecular complexity index is 518. The van der Waals surface area contributed by atoms with Crippen LogP contribution in [0.25, 0.3) is 0 Å². The van der Waals surface area contributed by atoms with Crippen LogP contribution in [0.15, 0.2) is 24.3 Å². The van der Waals surface area contributed by atoms with Crippen molar-refractivity contribution >= 4 is 12.0 Å². The molecule has 114 valence electrons. The summed E-state index contributed by atoms with van der Waals surface area (Å²) >= 11 is 0. The molecule has 0 saturated carbocycles. The molecule has 1 aliphatic rings. The van der Waals surface area contributed by atoms with Gasteiger partial charge in [0.2, 0.25) is 0 Å². The van der Waals surface area contributed by atoms with Gasteiger partial charge in [-0.2, -0.15) is 0 Å². The molecular formula is C15H20N2O4. The fourth-order valence-electron chi connectivity index (χ4n) is 2.33. The van der Waals surface area contributed by atoms with Crippen LogP contribution in [0.2, 0.25) is 0 Å². The third-order valence-corrected chi connectivity index (χ3v) is 3.43. The number of amides is 2. The first-order valence-electron chi connectivity index (χ1n) is 7.07. The Morgan fingerprint density at radius 2 is 2.19 bits per heavy atom. The van der Waals surface area contributed by atoms with E-state index in [2.05, 4.69) is 10.6 Å². The predicted octanol–water partition coefficient (Wildman–Crippen LogP) is 2.06. The first kappa shape index (κ1) is 15.2. The van der Waals surface area contributed by atoms with E-state index in [1.54, 1.807) is 6.92 Å². The zero-order chi connectivity index (χ0) is 15.2. The van der Waals surface area contributed by atoms with Gasteiger partial charge in [-0.15, -0.1) is 0 Å². The van der Waals surface area contributed by atoms with Crippen molar-refractivity contribution in [3.8, 4) is 5.75 Å². The number of hydrogen-bond acceptors (Lipinski definition) is 3. The molecule has 0 aromatic heterocycles. The lowest BCUT2D eigenvalue weighted by atomic mass is 10.0. The van der Waals surface area contributed by atoms with Crippen LogP contribution in [0.1, 0.15) is 37.8 Å². The molecule has 0 spiro atoms. The highest BCUT2D eigenvalue weighted by Gasteiger charge is 2.22. The maximum Gasteiger partial charge on any atom is 0.315 e. The van der Waals surface area contributed by atoms with Gasteiger partial charge in [-0.1, -0.05) is 18.2 Å². The minimum Gasteiger partial charge on any atom is -0.493 e. The summed E-state index contributed by atoms with van der Waals surface area (Å²) in [5, 5.41) is 14.3. The molecule has 0 saturated heterocycles. The van der Waals surface area contributed by atoms with E-state index in [0.29, 0.717) is 19.4 Å². The number of rotatable bonds is 5. The number of carboxylic acids is 1. The standard InChI is InChI=1S/C15H20N2O4/c1-10(6-7-14(18)19)16-15(20)17-12-8-9-21-13-5-3-2-4-11(12)13/h2-5,10,12H,6-9H2,1H3,(H,18,19)(H2,16,17,20). The van der Waals surface area contributed by atoms with Gasteiger partial charge in [-0.05, 0) is 19.4 Å². The molecule has 21 heavy (non-hydrogen) atoms. The first-order valence-corrected chi connectivity index (χ1v) is 7.07. The number of aliphatic carboxylic acids is 1. The lowest BCUT2D eigenvalue weighted by Gasteiger charge is -2.27. The highest BCUT2D eigenvalue weighted by molar-refractivity contribution is 5.75. The topological polar surface area (TPSA) is 87.7 Å². The van der Waals surface area contributed by atoms with E-state index in [-0.39, 0.29) is 24.5 Å². The summed E-state index contributed by atoms with van der Waals surface area (Å²) in [6.07, 6.45) is 1.17. The molecule has 1 aliphatic heterocycles. The second kappa shape index (κ2) is 6.97. The van der Waals surface area contributed by atoms with Crippen LogP contribution in [0, 0.1) is 0 Å². The van der Waals surface area contributed by atoms with Crippen molar-refractivity contribution in [3.05, 3.63) is 29.8 Å². The Balaban J connectivity index is 1.87. The summed E-state index contributed by atoms with van der Waals surface area (Å²) in [7, 11) is 0. The molecule has 1 aromatic rings. The lowest BCUT2D eigenvalue weighted by molar-refractivity contribution is -0.137. The second-order valence-electron chi connectivity index (χ2n) is 5.18. The first-order chi connectivity index (χ1) is 10.1. The molecule has 2 unspecified atom stereocenters. The Kier molecular flexibility index (Phi) is 5.03. The Morgan fingerprint density at radius 3 is 2.95 bits per heavy atom. The molecule has 1 heterocycles. The molecule has 2 atom stereocenters. The quantitative estimate of drug-likeness (QED) is 0.775. The van der Waals surface area contributed by atoms with Crippen molar-refractivity contribution in [1.82, 2.24) is 10.6 Å². The van der Waals surface area contributed by atoms with Crippen LogP contribution < -0.4 is 15.4 Å². The van der Waals surface area contributed by atoms with Crippen LogP contribution in [0.4, 0.5) is 4.79 Å². The van der Waals surface area contributed by atoms with E-state index in [9.17, 15) is 9.59 Å². The fraction of sp³-hybridized carbons (Fsp3) is 0.467. The van der Waals surface area contributed by atoms with Crippen molar-refractivity contribution in [3.63, 3.8) is 0 Å². The van der Waals surface area contributed by atoms with E-state index in [1.807, 2.05) is 24.3 Å². The monoisotopic (exact) mass is 292 g/mol. The number of carbonyl (C=O) groups excluding carboxylic acids is 1. The SMILES string of the molecule is CC(CCC(=O)O)NC(=O)NC1CCOc2ccccc21. The molecule has 0 bridgehead atoms. The van der Waals surface area contributed by atoms with Gasteiger partial charge in [0.05, 0.1) is 12.6 Å². The van der Waals surface area contributed by atoms with Gasteiger partial charge in [0.15, 0.2) is 0 Å². The van der Waals surface area contributed by atoms with E-state index in [4.69, 9.17) is 9.84 Å². The van der Waals surface area contributed by atoms with Crippen LogP contribution in [0.5, 0.6) is 5.75 Å². The molecule has 0 aliphatic carbocycles. The average molecular weight is 292 g/mol. The van der Waals surface area contributed by atoms with E-state index >= 15 is 0 Å². The molecule has 0 fully saturated rings. The summed E-state index contributed by atoms with van der Waals surface area (Å²) in [6, 6.07) is 7.08. The van der Waals surface area contributed by atoms with Crippen LogP contribution in [-0.2, 0) is 4.79 Å². The van der Waals surface area contributed by atoms with E-state index < -0.39 is 5.97 Å². The molecule has 6 heteroatoms. The van der Waals surface area contributed by atoms with Gasteiger partial charge in [0, 0.05) is 24.4 Å². The summed E-state index contributed by atoms with van der Waals surface area (Å²) in [5.74, 6) is -0.0598. The minimum atomic E-state index is -0.859. The largest absolute Gasteiger partial charge is 0.493 e. The Labute approximate surface area is 123 Å². The summed E-state index contributed by atoms with van der Waals surface area (Å²) in [4.78, 5) is 22.5. The molecular weight excluding hydrogens is 272 g/mol. The number of carboxylic acid groups (broad SMARTS) is 1. The Hall–Kier alpha value is -2.24. The molecule has 2 amide bonds. The second-order valence-corrected chi connectivity index (χ2v) is 5.18. The normalized spacial score (nSPS) is 18.0. The third kappa shape index (κ3) is 4.37. The molecule has 1 aromatic carbocycles. The lowest BCUT2D eigenvalue weighted by Crippen LogP contribution is -2.43. The fourth-order valence-corrected chi connectivity index (χ4v) is 2.33. The van der Waals surface area contributed by atoms with Gasteiger partial charge in [-0.3, -0.25) is 4.79 Å². The average Bonchev–Trinajstić information content (AvgIpc) is 2.45. The van der Waals surface area contributed by atoms with Crippen LogP contribution in [0.3, 0.4) is 0 Å². The minimum absolute atomic E-state index is 0.0432. The van der Waals surface area contributed by atoms with Crippen molar-refractivity contribution in [2.75, 3.05) is 6.61 Å². The van der Waals surface area contributed by atoms with Crippen molar-refractivity contribution in [2.45, 2.75) is 38.3 Å². The van der Waals surface area contributed by atoms with Gasteiger partial charge >= 0.3 is 12.0 Å². The summed E-state index contributed by atoms with van der Waals surface area (Å²) in [6.45, 7) is 2.36. The smallest absolute Gasteiger partial charge is 0.315 e. The number of benzene rings is 1. The van der Waals surface area contributed by atoms with E-state index in [1.165, 1.54) is 0 Å². The van der Waals surface area contributed by atoms with Gasteiger partial charge in [0.1, 0.15) is 5.75 Å². The number of urea groups is 1. The zero-order valence-electron chi connectivity index (χ0n) is 12.0. The molecule has 0 radical (unpaired) electrons. The number of hydrogen-bond donors (Lipinski definition) is 3. The maximum atomic E-state index is 12.0. The van der Waals surface area contributed by atoms with Gasteiger partial charge in [-0.25, -0.2) is 4.79 Å². The number of nitrogens with one attached hydrogen (secondary N) is 2. The number of ether oxygens (including phenoxy) is 1. The zero-order valence-corrected chi connectivity index (χ0v) is 12.0. The van der Waals surface area contributed by atoms with Crippen molar-refractivity contribution < 1.29 is 19.4 Å². The number of fused-ring (bicyclic) bond motifs is 1. The number of para-hydroxylation sites is 1. The summed E-state index contributed by atoms with van der Waals surface area (Å²) in [5.41, 5.74) is 0.970. The number of carbonyl (C=O) groups is 2. The van der Waals surface area contributed by atoms with Gasteiger partial charge in [0.25, 0.3) is 0 Å². The molecule has 6 nitrogen and oxygen atoms in total. The van der Waals surface area contributed by atoms with Crippen LogP contribution in [-0.4, -0.2) is 29.8 Å². The Morgan fingerprint density at radius 1 is 1.43 bits per heavy atom. The predicted molar refractivity (Wildman–Crippen MR) is 77.3 cm³/mol. The van der Waals surface area contributed by atoms with Crippen LogP contribution >= 0.6 is 0 Å². The van der Waals surface area contributed by atoms with E-state index in [0.717, 1.165) is 11.3 Å². The maximum absolute atomic E-state index is 12.0. The highest BCUT2D eigenvalue weighted by atomic mass is 16.5. The summed E-state index contributed by atoms with van der Waals surface area (Å²) < 4.78 is 5.54. The van der Waals surface area contributed by atoms with Crippen molar-refractivity contribution in [1.29, 1.82) is 0 Å². The molecule has 3 N–H and O–H groups in total.